The molecule has 0 aliphatic rings. The van der Waals surface area contributed by atoms with E-state index in [0.29, 0.717) is 0 Å². The smallest absolute Gasteiger partial charge is 0.164 e. The fourth-order valence-electron chi connectivity index (χ4n) is 3.54. The molecule has 0 atom stereocenters. The fourth-order valence-corrected chi connectivity index (χ4v) is 5.75. The van der Waals surface area contributed by atoms with Gasteiger partial charge >= 0.3 is 0 Å². The van der Waals surface area contributed by atoms with Crippen molar-refractivity contribution in [3.63, 3.8) is 0 Å². The second-order valence-corrected chi connectivity index (χ2v) is 10.0. The highest BCUT2D eigenvalue weighted by Crippen LogP contribution is 2.46. The Labute approximate surface area is 189 Å². The zero-order valence-corrected chi connectivity index (χ0v) is 19.0. The van der Waals surface area contributed by atoms with Crippen LogP contribution in [0.1, 0.15) is 5.56 Å². The van der Waals surface area contributed by atoms with Gasteiger partial charge in [-0.15, -0.1) is 0 Å². The second-order valence-electron chi connectivity index (χ2n) is 7.36. The Kier molecular flexibility index (Phi) is 6.58. The van der Waals surface area contributed by atoms with Crippen molar-refractivity contribution in [2.24, 2.45) is 0 Å². The largest absolute Gasteiger partial charge is 0.497 e. The van der Waals surface area contributed by atoms with Crippen molar-refractivity contribution < 1.29 is 14.0 Å². The standard InChI is InChI=1S/C28H25O3P/c1-30-25-12-16-27(17-13-25)32(29,28-18-14-26(31-2)15-19-28)21-20-22-8-10-24(11-9-22)23-6-4-3-5-7-23/h3-21H,1-2H3/b21-20+. The summed E-state index contributed by atoms with van der Waals surface area (Å²) in [6, 6.07) is 33.3. The minimum atomic E-state index is -3.01. The molecule has 160 valence electrons. The van der Waals surface area contributed by atoms with E-state index in [2.05, 4.69) is 24.3 Å². The van der Waals surface area contributed by atoms with Gasteiger partial charge in [0.2, 0.25) is 0 Å². The maximum absolute atomic E-state index is 14.3. The van der Waals surface area contributed by atoms with Gasteiger partial charge in [-0.3, -0.25) is 0 Å². The summed E-state index contributed by atoms with van der Waals surface area (Å²) >= 11 is 0. The molecule has 0 saturated carbocycles. The summed E-state index contributed by atoms with van der Waals surface area (Å²) < 4.78 is 24.9. The number of methoxy groups -OCH3 is 2. The van der Waals surface area contributed by atoms with E-state index < -0.39 is 7.14 Å². The third kappa shape index (κ3) is 4.69. The van der Waals surface area contributed by atoms with E-state index in [9.17, 15) is 4.57 Å². The number of benzene rings is 4. The van der Waals surface area contributed by atoms with E-state index in [0.717, 1.165) is 33.2 Å². The molecule has 0 saturated heterocycles. The summed E-state index contributed by atoms with van der Waals surface area (Å²) in [5, 5.41) is 1.50. The molecule has 0 aliphatic heterocycles. The minimum absolute atomic E-state index is 0.732. The minimum Gasteiger partial charge on any atom is -0.497 e. The summed E-state index contributed by atoms with van der Waals surface area (Å²) in [7, 11) is 0.232. The Balaban J connectivity index is 1.69. The van der Waals surface area contributed by atoms with Crippen LogP contribution in [0.15, 0.2) is 109 Å². The summed E-state index contributed by atoms with van der Waals surface area (Å²) in [6.07, 6.45) is 1.93. The van der Waals surface area contributed by atoms with E-state index >= 15 is 0 Å². The van der Waals surface area contributed by atoms with Gasteiger partial charge in [-0.2, -0.15) is 0 Å². The Morgan fingerprint density at radius 1 is 0.594 bits per heavy atom. The average molecular weight is 440 g/mol. The van der Waals surface area contributed by atoms with E-state index in [1.54, 1.807) is 14.2 Å². The molecule has 0 amide bonds. The van der Waals surface area contributed by atoms with E-state index in [1.807, 2.05) is 90.8 Å². The number of rotatable bonds is 7. The summed E-state index contributed by atoms with van der Waals surface area (Å²) in [6.45, 7) is 0. The molecule has 0 aromatic heterocycles. The van der Waals surface area contributed by atoms with Gasteiger partial charge in [-0.1, -0.05) is 60.7 Å². The van der Waals surface area contributed by atoms with Crippen LogP contribution in [0.4, 0.5) is 0 Å². The topological polar surface area (TPSA) is 35.5 Å². The molecule has 0 radical (unpaired) electrons. The van der Waals surface area contributed by atoms with Crippen LogP contribution in [0.3, 0.4) is 0 Å². The Bertz CT molecular complexity index is 1180. The lowest BCUT2D eigenvalue weighted by Gasteiger charge is -2.16. The van der Waals surface area contributed by atoms with Crippen LogP contribution < -0.4 is 20.1 Å². The van der Waals surface area contributed by atoms with Gasteiger partial charge in [0.15, 0.2) is 7.14 Å². The second kappa shape index (κ2) is 9.72. The van der Waals surface area contributed by atoms with Gasteiger partial charge in [0.25, 0.3) is 0 Å². The maximum Gasteiger partial charge on any atom is 0.164 e. The Morgan fingerprint density at radius 2 is 1.06 bits per heavy atom. The molecule has 0 unspecified atom stereocenters. The molecular formula is C28H25O3P. The monoisotopic (exact) mass is 440 g/mol. The van der Waals surface area contributed by atoms with Gasteiger partial charge < -0.3 is 14.0 Å². The van der Waals surface area contributed by atoms with E-state index in [1.165, 1.54) is 5.56 Å². The van der Waals surface area contributed by atoms with Crippen molar-refractivity contribution in [1.82, 2.24) is 0 Å². The van der Waals surface area contributed by atoms with Crippen LogP contribution in [0.25, 0.3) is 17.2 Å². The van der Waals surface area contributed by atoms with Gasteiger partial charge in [0, 0.05) is 10.6 Å². The van der Waals surface area contributed by atoms with Crippen LogP contribution >= 0.6 is 7.14 Å². The molecule has 32 heavy (non-hydrogen) atoms. The summed E-state index contributed by atoms with van der Waals surface area (Å²) in [4.78, 5) is 0. The lowest BCUT2D eigenvalue weighted by atomic mass is 10.0. The molecule has 4 heteroatoms. The van der Waals surface area contributed by atoms with Gasteiger partial charge in [0.05, 0.1) is 14.2 Å². The van der Waals surface area contributed by atoms with Crippen LogP contribution in [0.2, 0.25) is 0 Å². The molecule has 0 spiro atoms. The molecule has 3 nitrogen and oxygen atoms in total. The molecule has 0 bridgehead atoms. The normalized spacial score (nSPS) is 11.4. The lowest BCUT2D eigenvalue weighted by Crippen LogP contribution is -2.14. The third-order valence-electron chi connectivity index (χ3n) is 5.41. The van der Waals surface area contributed by atoms with Crippen LogP contribution in [0.5, 0.6) is 11.5 Å². The molecule has 4 aromatic rings. The Morgan fingerprint density at radius 3 is 1.53 bits per heavy atom. The fraction of sp³-hybridized carbons (Fsp3) is 0.0714. The molecule has 4 aromatic carbocycles. The third-order valence-corrected chi connectivity index (χ3v) is 8.11. The number of ether oxygens (including phenoxy) is 2. The molecule has 4 rings (SSSR count). The highest BCUT2D eigenvalue weighted by Gasteiger charge is 2.24. The quantitative estimate of drug-likeness (QED) is 0.314. The molecule has 0 N–H and O–H groups in total. The zero-order chi connectivity index (χ0) is 22.4. The predicted molar refractivity (Wildman–Crippen MR) is 134 cm³/mol. The molecule has 0 heterocycles. The van der Waals surface area contributed by atoms with Crippen LogP contribution in [-0.2, 0) is 4.57 Å². The first-order chi connectivity index (χ1) is 15.6. The van der Waals surface area contributed by atoms with E-state index in [-0.39, 0.29) is 0 Å². The highest BCUT2D eigenvalue weighted by molar-refractivity contribution is 7.81. The number of hydrogen-bond donors (Lipinski definition) is 0. The van der Waals surface area contributed by atoms with Crippen molar-refractivity contribution in [2.75, 3.05) is 14.2 Å². The van der Waals surface area contributed by atoms with Crippen molar-refractivity contribution in [3.8, 4) is 22.6 Å². The molecule has 0 fully saturated rings. The van der Waals surface area contributed by atoms with Gasteiger partial charge in [-0.05, 0) is 71.0 Å². The zero-order valence-electron chi connectivity index (χ0n) is 18.1. The van der Waals surface area contributed by atoms with Crippen LogP contribution in [-0.4, -0.2) is 14.2 Å². The lowest BCUT2D eigenvalue weighted by molar-refractivity contribution is 0.415. The van der Waals surface area contributed by atoms with Gasteiger partial charge in [0.1, 0.15) is 11.5 Å². The van der Waals surface area contributed by atoms with Crippen molar-refractivity contribution >= 4 is 23.8 Å². The first kappa shape index (κ1) is 21.7. The number of hydrogen-bond acceptors (Lipinski definition) is 3. The molecular weight excluding hydrogens is 415 g/mol. The van der Waals surface area contributed by atoms with Crippen molar-refractivity contribution in [3.05, 3.63) is 115 Å². The first-order valence-electron chi connectivity index (χ1n) is 10.4. The van der Waals surface area contributed by atoms with Crippen molar-refractivity contribution in [2.45, 2.75) is 0 Å². The summed E-state index contributed by atoms with van der Waals surface area (Å²) in [5.41, 5.74) is 3.31. The molecule has 0 aliphatic carbocycles. The van der Waals surface area contributed by atoms with Crippen LogP contribution in [0, 0.1) is 0 Å². The van der Waals surface area contributed by atoms with E-state index in [4.69, 9.17) is 9.47 Å². The first-order valence-corrected chi connectivity index (χ1v) is 12.1. The maximum atomic E-state index is 14.3. The van der Waals surface area contributed by atoms with Gasteiger partial charge in [-0.25, -0.2) is 0 Å². The Hall–Kier alpha value is -3.55. The predicted octanol–water partition coefficient (Wildman–Crippen LogP) is 6.36. The highest BCUT2D eigenvalue weighted by atomic mass is 31.2. The summed E-state index contributed by atoms with van der Waals surface area (Å²) in [5.74, 6) is 3.29. The van der Waals surface area contributed by atoms with Crippen molar-refractivity contribution in [1.29, 1.82) is 0 Å². The SMILES string of the molecule is COc1ccc(P(=O)(/C=C/c2ccc(-c3ccccc3)cc2)c2ccc(OC)cc2)cc1. The average Bonchev–Trinajstić information content (AvgIpc) is 2.88.